The molecule has 2 heterocycles. The van der Waals surface area contributed by atoms with E-state index in [-0.39, 0.29) is 12.2 Å². The first-order chi connectivity index (χ1) is 11.9. The third kappa shape index (κ3) is 4.54. The lowest BCUT2D eigenvalue weighted by Crippen LogP contribution is -2.42. The second-order valence-corrected chi connectivity index (χ2v) is 7.62. The van der Waals surface area contributed by atoms with Gasteiger partial charge in [-0.1, -0.05) is 43.5 Å². The van der Waals surface area contributed by atoms with E-state index in [1.165, 1.54) is 0 Å². The summed E-state index contributed by atoms with van der Waals surface area (Å²) in [6, 6.07) is 7.52. The van der Waals surface area contributed by atoms with Gasteiger partial charge in [0.15, 0.2) is 12.1 Å². The summed E-state index contributed by atoms with van der Waals surface area (Å²) in [5.41, 5.74) is 1.01. The molecule has 0 amide bonds. The van der Waals surface area contributed by atoms with Gasteiger partial charge in [-0.2, -0.15) is 0 Å². The summed E-state index contributed by atoms with van der Waals surface area (Å²) in [5.74, 6) is -0.712. The Bertz CT molecular complexity index is 561. The molecule has 25 heavy (non-hydrogen) atoms. The van der Waals surface area contributed by atoms with E-state index < -0.39 is 24.3 Å². The van der Waals surface area contributed by atoms with E-state index >= 15 is 0 Å². The van der Waals surface area contributed by atoms with Crippen LogP contribution in [-0.4, -0.2) is 41.6 Å². The first-order valence-electron chi connectivity index (χ1n) is 8.95. The number of unbranched alkanes of at least 4 members (excludes halogenated alkanes) is 1. The van der Waals surface area contributed by atoms with E-state index in [0.717, 1.165) is 18.4 Å². The first kappa shape index (κ1) is 19.1. The minimum atomic E-state index is -0.712. The number of aliphatic hydroxyl groups is 1. The summed E-state index contributed by atoms with van der Waals surface area (Å²) in [7, 11) is 0. The molecular weight excluding hydrogens is 344 g/mol. The SMILES string of the molecule is CCCC[C@H](O)[C@H]1O[C@@H]2OC(C)(C)O[C@@H]2[C@H]1OCc1ccc(Cl)cc1. The fraction of sp³-hybridized carbons (Fsp3) is 0.684. The molecule has 0 aromatic heterocycles. The molecule has 2 fully saturated rings. The Balaban J connectivity index is 1.69. The largest absolute Gasteiger partial charge is 0.390 e. The molecule has 2 saturated heterocycles. The topological polar surface area (TPSA) is 57.2 Å². The van der Waals surface area contributed by atoms with Crippen LogP contribution < -0.4 is 0 Å². The molecule has 5 nitrogen and oxygen atoms in total. The van der Waals surface area contributed by atoms with Crippen LogP contribution in [0, 0.1) is 0 Å². The number of ether oxygens (including phenoxy) is 4. The van der Waals surface area contributed by atoms with Crippen LogP contribution in [-0.2, 0) is 25.6 Å². The van der Waals surface area contributed by atoms with E-state index in [2.05, 4.69) is 6.92 Å². The van der Waals surface area contributed by atoms with Crippen molar-refractivity contribution in [2.75, 3.05) is 0 Å². The van der Waals surface area contributed by atoms with Crippen LogP contribution in [0.25, 0.3) is 0 Å². The Labute approximate surface area is 154 Å². The summed E-state index contributed by atoms with van der Waals surface area (Å²) < 4.78 is 23.8. The van der Waals surface area contributed by atoms with Crippen molar-refractivity contribution in [3.8, 4) is 0 Å². The minimum Gasteiger partial charge on any atom is -0.390 e. The summed E-state index contributed by atoms with van der Waals surface area (Å²) in [4.78, 5) is 0. The Morgan fingerprint density at radius 3 is 2.64 bits per heavy atom. The number of halogens is 1. The van der Waals surface area contributed by atoms with Crippen LogP contribution >= 0.6 is 11.6 Å². The van der Waals surface area contributed by atoms with Crippen molar-refractivity contribution < 1.29 is 24.1 Å². The fourth-order valence-electron chi connectivity index (χ4n) is 3.35. The van der Waals surface area contributed by atoms with Crippen LogP contribution in [0.2, 0.25) is 5.02 Å². The molecule has 0 aliphatic carbocycles. The molecule has 0 bridgehead atoms. The highest BCUT2D eigenvalue weighted by molar-refractivity contribution is 6.30. The molecule has 6 heteroatoms. The molecule has 1 N–H and O–H groups in total. The third-order valence-electron chi connectivity index (χ3n) is 4.62. The number of fused-ring (bicyclic) bond motifs is 1. The molecule has 1 aromatic rings. The van der Waals surface area contributed by atoms with Crippen molar-refractivity contribution >= 4 is 11.6 Å². The highest BCUT2D eigenvalue weighted by atomic mass is 35.5. The van der Waals surface area contributed by atoms with Crippen molar-refractivity contribution in [3.05, 3.63) is 34.9 Å². The van der Waals surface area contributed by atoms with E-state index in [4.69, 9.17) is 30.5 Å². The quantitative estimate of drug-likeness (QED) is 0.793. The highest BCUT2D eigenvalue weighted by Crippen LogP contribution is 2.40. The van der Waals surface area contributed by atoms with E-state index in [1.54, 1.807) is 0 Å². The average Bonchev–Trinajstić information content (AvgIpc) is 3.04. The van der Waals surface area contributed by atoms with Gasteiger partial charge in [-0.25, -0.2) is 0 Å². The van der Waals surface area contributed by atoms with Gasteiger partial charge in [-0.3, -0.25) is 0 Å². The van der Waals surface area contributed by atoms with Gasteiger partial charge < -0.3 is 24.1 Å². The molecule has 2 aliphatic heterocycles. The van der Waals surface area contributed by atoms with E-state index in [0.29, 0.717) is 18.1 Å². The zero-order valence-electron chi connectivity index (χ0n) is 15.0. The molecule has 140 valence electrons. The number of rotatable bonds is 7. The molecule has 2 aliphatic rings. The maximum atomic E-state index is 10.5. The molecule has 1 aromatic carbocycles. The number of aliphatic hydroxyl groups excluding tert-OH is 1. The molecular formula is C19H27ClO5. The maximum absolute atomic E-state index is 10.5. The number of benzene rings is 1. The fourth-order valence-corrected chi connectivity index (χ4v) is 3.48. The lowest BCUT2D eigenvalue weighted by Gasteiger charge is -2.28. The smallest absolute Gasteiger partial charge is 0.190 e. The standard InChI is InChI=1S/C19H27ClO5/c1-4-5-6-14(21)15-16(17-18(23-15)25-19(2,3)24-17)22-11-12-7-9-13(20)10-8-12/h7-10,14-18,21H,4-6,11H2,1-3H3/t14-,15+,16-,17+,18+/m0/s1. The lowest BCUT2D eigenvalue weighted by molar-refractivity contribution is -0.230. The zero-order chi connectivity index (χ0) is 18.0. The van der Waals surface area contributed by atoms with Gasteiger partial charge in [0.05, 0.1) is 12.7 Å². The molecule has 0 radical (unpaired) electrons. The van der Waals surface area contributed by atoms with Gasteiger partial charge in [0, 0.05) is 5.02 Å². The predicted octanol–water partition coefficient (Wildman–Crippen LogP) is 3.65. The summed E-state index contributed by atoms with van der Waals surface area (Å²) in [6.45, 7) is 6.20. The summed E-state index contributed by atoms with van der Waals surface area (Å²) >= 11 is 5.93. The van der Waals surface area contributed by atoms with Crippen molar-refractivity contribution in [1.29, 1.82) is 0 Å². The Morgan fingerprint density at radius 2 is 1.96 bits per heavy atom. The summed E-state index contributed by atoms with van der Waals surface area (Å²) in [6.07, 6.45) is 0.344. The maximum Gasteiger partial charge on any atom is 0.190 e. The second kappa shape index (κ2) is 7.91. The second-order valence-electron chi connectivity index (χ2n) is 7.18. The van der Waals surface area contributed by atoms with Gasteiger partial charge in [-0.15, -0.1) is 0 Å². The molecule has 3 rings (SSSR count). The first-order valence-corrected chi connectivity index (χ1v) is 9.32. The van der Waals surface area contributed by atoms with Gasteiger partial charge in [0.25, 0.3) is 0 Å². The van der Waals surface area contributed by atoms with Crippen LogP contribution in [0.5, 0.6) is 0 Å². The minimum absolute atomic E-state index is 0.344. The molecule has 0 saturated carbocycles. The lowest BCUT2D eigenvalue weighted by atomic mass is 10.0. The average molecular weight is 371 g/mol. The van der Waals surface area contributed by atoms with Gasteiger partial charge >= 0.3 is 0 Å². The Morgan fingerprint density at radius 1 is 1.24 bits per heavy atom. The van der Waals surface area contributed by atoms with Crippen molar-refractivity contribution in [3.63, 3.8) is 0 Å². The molecule has 5 atom stereocenters. The molecule has 0 unspecified atom stereocenters. The highest BCUT2D eigenvalue weighted by Gasteiger charge is 2.56. The third-order valence-corrected chi connectivity index (χ3v) is 4.87. The normalized spacial score (nSPS) is 31.9. The predicted molar refractivity (Wildman–Crippen MR) is 94.3 cm³/mol. The van der Waals surface area contributed by atoms with Crippen molar-refractivity contribution in [2.24, 2.45) is 0 Å². The van der Waals surface area contributed by atoms with Crippen molar-refractivity contribution in [1.82, 2.24) is 0 Å². The monoisotopic (exact) mass is 370 g/mol. The van der Waals surface area contributed by atoms with Gasteiger partial charge in [0.2, 0.25) is 0 Å². The van der Waals surface area contributed by atoms with Crippen molar-refractivity contribution in [2.45, 2.75) is 83.1 Å². The van der Waals surface area contributed by atoms with Crippen LogP contribution in [0.3, 0.4) is 0 Å². The number of hydrogen-bond acceptors (Lipinski definition) is 5. The molecule has 0 spiro atoms. The number of hydrogen-bond donors (Lipinski definition) is 1. The van der Waals surface area contributed by atoms with E-state index in [1.807, 2.05) is 38.1 Å². The van der Waals surface area contributed by atoms with Gasteiger partial charge in [-0.05, 0) is 38.0 Å². The van der Waals surface area contributed by atoms with E-state index in [9.17, 15) is 5.11 Å². The summed E-state index contributed by atoms with van der Waals surface area (Å²) in [5, 5.41) is 11.2. The van der Waals surface area contributed by atoms with Crippen LogP contribution in [0.4, 0.5) is 0 Å². The Hall–Kier alpha value is -0.690. The Kier molecular flexibility index (Phi) is 6.03. The van der Waals surface area contributed by atoms with Crippen LogP contribution in [0.1, 0.15) is 45.6 Å². The van der Waals surface area contributed by atoms with Gasteiger partial charge in [0.1, 0.15) is 18.3 Å². The zero-order valence-corrected chi connectivity index (χ0v) is 15.7. The van der Waals surface area contributed by atoms with Crippen LogP contribution in [0.15, 0.2) is 24.3 Å².